The largest absolute Gasteiger partial charge is 0.457 e. The van der Waals surface area contributed by atoms with Gasteiger partial charge in [0.15, 0.2) is 5.78 Å². The maximum Gasteiger partial charge on any atom is 0.333 e. The Morgan fingerprint density at radius 1 is 1.19 bits per heavy atom. The van der Waals surface area contributed by atoms with Gasteiger partial charge in [0.2, 0.25) is 0 Å². The molecule has 0 aliphatic carbocycles. The van der Waals surface area contributed by atoms with Crippen LogP contribution in [-0.2, 0) is 16.1 Å². The van der Waals surface area contributed by atoms with Gasteiger partial charge < -0.3 is 4.74 Å². The van der Waals surface area contributed by atoms with Gasteiger partial charge in [0.05, 0.1) is 0 Å². The molecule has 1 aromatic rings. The highest BCUT2D eigenvalue weighted by molar-refractivity contribution is 5.94. The van der Waals surface area contributed by atoms with Crippen molar-refractivity contribution in [3.63, 3.8) is 0 Å². The summed E-state index contributed by atoms with van der Waals surface area (Å²) in [4.78, 5) is 22.1. The van der Waals surface area contributed by atoms with E-state index in [4.69, 9.17) is 4.74 Å². The Morgan fingerprint density at radius 3 is 2.19 bits per heavy atom. The van der Waals surface area contributed by atoms with Crippen LogP contribution in [0.25, 0.3) is 0 Å². The Labute approximate surface area is 94.7 Å². The summed E-state index contributed by atoms with van der Waals surface area (Å²) in [6.45, 7) is 6.79. The molecule has 0 fully saturated rings. The molecule has 0 aliphatic rings. The highest BCUT2D eigenvalue weighted by Crippen LogP contribution is 2.07. The summed E-state index contributed by atoms with van der Waals surface area (Å²) >= 11 is 0. The monoisotopic (exact) mass is 218 g/mol. The third kappa shape index (κ3) is 3.35. The van der Waals surface area contributed by atoms with Gasteiger partial charge in [-0.05, 0) is 19.4 Å². The van der Waals surface area contributed by atoms with Gasteiger partial charge in [0.25, 0.3) is 0 Å². The smallest absolute Gasteiger partial charge is 0.333 e. The molecule has 84 valence electrons. The molecule has 0 saturated carbocycles. The lowest BCUT2D eigenvalue weighted by atomic mass is 10.1. The molecular weight excluding hydrogens is 204 g/mol. The summed E-state index contributed by atoms with van der Waals surface area (Å²) in [5.41, 5.74) is 1.87. The summed E-state index contributed by atoms with van der Waals surface area (Å²) in [7, 11) is 0. The Hall–Kier alpha value is -1.90. The summed E-state index contributed by atoms with van der Waals surface area (Å²) in [6.07, 6.45) is 0. The first-order valence-electron chi connectivity index (χ1n) is 4.93. The van der Waals surface area contributed by atoms with Crippen LogP contribution in [0.3, 0.4) is 0 Å². The van der Waals surface area contributed by atoms with Gasteiger partial charge in [-0.3, -0.25) is 4.79 Å². The van der Waals surface area contributed by atoms with Crippen LogP contribution >= 0.6 is 0 Å². The predicted molar refractivity (Wildman–Crippen MR) is 61.1 cm³/mol. The van der Waals surface area contributed by atoms with Crippen LogP contribution < -0.4 is 0 Å². The van der Waals surface area contributed by atoms with E-state index in [0.717, 1.165) is 5.56 Å². The number of esters is 1. The van der Waals surface area contributed by atoms with Crippen molar-refractivity contribution in [3.8, 4) is 0 Å². The second-order valence-electron chi connectivity index (χ2n) is 3.61. The normalized spacial score (nSPS) is 9.62. The fourth-order valence-electron chi connectivity index (χ4n) is 1.11. The third-order valence-electron chi connectivity index (χ3n) is 2.08. The molecule has 3 heteroatoms. The van der Waals surface area contributed by atoms with Crippen molar-refractivity contribution in [2.45, 2.75) is 20.5 Å². The molecule has 3 nitrogen and oxygen atoms in total. The van der Waals surface area contributed by atoms with E-state index in [2.05, 4.69) is 6.58 Å². The van der Waals surface area contributed by atoms with Crippen molar-refractivity contribution in [1.82, 2.24) is 0 Å². The molecule has 0 spiro atoms. The molecule has 0 amide bonds. The van der Waals surface area contributed by atoms with E-state index in [1.165, 1.54) is 6.92 Å². The molecule has 0 atom stereocenters. The molecule has 0 aromatic heterocycles. The van der Waals surface area contributed by atoms with Crippen LogP contribution in [-0.4, -0.2) is 11.8 Å². The lowest BCUT2D eigenvalue weighted by Crippen LogP contribution is -2.05. The van der Waals surface area contributed by atoms with Gasteiger partial charge in [-0.25, -0.2) is 4.79 Å². The first-order chi connectivity index (χ1) is 7.50. The topological polar surface area (TPSA) is 43.4 Å². The van der Waals surface area contributed by atoms with E-state index in [1.54, 1.807) is 31.2 Å². The molecule has 0 aliphatic heterocycles. The SMILES string of the molecule is C=C(C)C(=O)OCc1ccc(C(C)=O)cc1. The van der Waals surface area contributed by atoms with E-state index >= 15 is 0 Å². The van der Waals surface area contributed by atoms with Gasteiger partial charge in [-0.2, -0.15) is 0 Å². The first-order valence-corrected chi connectivity index (χ1v) is 4.93. The van der Waals surface area contributed by atoms with Crippen LogP contribution in [0.4, 0.5) is 0 Å². The van der Waals surface area contributed by atoms with Crippen molar-refractivity contribution in [2.75, 3.05) is 0 Å². The molecule has 1 aromatic carbocycles. The summed E-state index contributed by atoms with van der Waals surface area (Å²) in [5.74, 6) is -0.388. The van der Waals surface area contributed by atoms with Gasteiger partial charge in [0, 0.05) is 11.1 Å². The fourth-order valence-corrected chi connectivity index (χ4v) is 1.11. The number of carbonyl (C=O) groups is 2. The van der Waals surface area contributed by atoms with Crippen LogP contribution in [0.2, 0.25) is 0 Å². The number of hydrogen-bond donors (Lipinski definition) is 0. The molecule has 16 heavy (non-hydrogen) atoms. The van der Waals surface area contributed by atoms with Crippen molar-refractivity contribution in [2.24, 2.45) is 0 Å². The van der Waals surface area contributed by atoms with Gasteiger partial charge in [-0.1, -0.05) is 30.8 Å². The minimum atomic E-state index is -0.407. The van der Waals surface area contributed by atoms with E-state index in [0.29, 0.717) is 11.1 Å². The molecule has 0 heterocycles. The zero-order chi connectivity index (χ0) is 12.1. The molecule has 0 saturated heterocycles. The highest BCUT2D eigenvalue weighted by atomic mass is 16.5. The number of ketones is 1. The summed E-state index contributed by atoms with van der Waals surface area (Å²) in [6, 6.07) is 6.96. The zero-order valence-electron chi connectivity index (χ0n) is 9.45. The number of rotatable bonds is 4. The molecule has 0 bridgehead atoms. The molecular formula is C13H14O3. The second-order valence-corrected chi connectivity index (χ2v) is 3.61. The van der Waals surface area contributed by atoms with Gasteiger partial charge >= 0.3 is 5.97 Å². The zero-order valence-corrected chi connectivity index (χ0v) is 9.45. The maximum atomic E-state index is 11.1. The predicted octanol–water partition coefficient (Wildman–Crippen LogP) is 2.51. The fraction of sp³-hybridized carbons (Fsp3) is 0.231. The van der Waals surface area contributed by atoms with Crippen molar-refractivity contribution in [3.05, 3.63) is 47.5 Å². The lowest BCUT2D eigenvalue weighted by molar-refractivity contribution is -0.140. The third-order valence-corrected chi connectivity index (χ3v) is 2.08. The van der Waals surface area contributed by atoms with Crippen molar-refractivity contribution < 1.29 is 14.3 Å². The van der Waals surface area contributed by atoms with Crippen molar-refractivity contribution >= 4 is 11.8 Å². The number of ether oxygens (including phenoxy) is 1. The number of benzene rings is 1. The molecule has 0 N–H and O–H groups in total. The van der Waals surface area contributed by atoms with Crippen molar-refractivity contribution in [1.29, 1.82) is 0 Å². The molecule has 0 unspecified atom stereocenters. The second kappa shape index (κ2) is 5.26. The quantitative estimate of drug-likeness (QED) is 0.443. The lowest BCUT2D eigenvalue weighted by Gasteiger charge is -2.04. The van der Waals surface area contributed by atoms with Gasteiger partial charge in [-0.15, -0.1) is 0 Å². The van der Waals surface area contributed by atoms with E-state index in [9.17, 15) is 9.59 Å². The highest BCUT2D eigenvalue weighted by Gasteiger charge is 2.04. The van der Waals surface area contributed by atoms with Gasteiger partial charge in [0.1, 0.15) is 6.61 Å². The van der Waals surface area contributed by atoms with E-state index in [1.807, 2.05) is 0 Å². The van der Waals surface area contributed by atoms with E-state index < -0.39 is 5.97 Å². The Morgan fingerprint density at radius 2 is 1.75 bits per heavy atom. The Balaban J connectivity index is 2.59. The average molecular weight is 218 g/mol. The molecule has 1 rings (SSSR count). The van der Waals surface area contributed by atoms with E-state index in [-0.39, 0.29) is 12.4 Å². The maximum absolute atomic E-state index is 11.1. The number of carbonyl (C=O) groups excluding carboxylic acids is 2. The Bertz CT molecular complexity index is 415. The number of Topliss-reactive ketones (excluding diaryl/α,β-unsaturated/α-hetero) is 1. The average Bonchev–Trinajstić information content (AvgIpc) is 2.26. The van der Waals surface area contributed by atoms with Crippen LogP contribution in [0.1, 0.15) is 29.8 Å². The molecule has 0 radical (unpaired) electrons. The van der Waals surface area contributed by atoms with Crippen LogP contribution in [0.15, 0.2) is 36.4 Å². The Kier molecular flexibility index (Phi) is 4.00. The minimum absolute atomic E-state index is 0.0190. The van der Waals surface area contributed by atoms with Crippen LogP contribution in [0.5, 0.6) is 0 Å². The minimum Gasteiger partial charge on any atom is -0.457 e. The summed E-state index contributed by atoms with van der Waals surface area (Å²) in [5, 5.41) is 0. The number of hydrogen-bond acceptors (Lipinski definition) is 3. The summed E-state index contributed by atoms with van der Waals surface area (Å²) < 4.78 is 4.97. The van der Waals surface area contributed by atoms with Crippen LogP contribution in [0, 0.1) is 0 Å². The first kappa shape index (κ1) is 12.2. The standard InChI is InChI=1S/C13H14O3/c1-9(2)13(15)16-8-11-4-6-12(7-5-11)10(3)14/h4-7H,1,8H2,2-3H3.